The van der Waals surface area contributed by atoms with Crippen LogP contribution in [0.4, 0.5) is 18.9 Å². The Bertz CT molecular complexity index is 395. The molecule has 0 atom stereocenters. The molecule has 2 N–H and O–H groups in total. The molecular weight excluding hydrogens is 253 g/mol. The van der Waals surface area contributed by atoms with Crippen molar-refractivity contribution in [2.24, 2.45) is 0 Å². The van der Waals surface area contributed by atoms with E-state index in [1.54, 1.807) is 6.07 Å². The summed E-state index contributed by atoms with van der Waals surface area (Å²) in [6, 6.07) is 5.69. The Morgan fingerprint density at radius 2 is 2.00 bits per heavy atom. The smallest absolute Gasteiger partial charge is 0.404 e. The van der Waals surface area contributed by atoms with Gasteiger partial charge in [-0.15, -0.1) is 13.2 Å². The number of halogens is 3. The maximum Gasteiger partial charge on any atom is 0.573 e. The molecule has 0 aromatic heterocycles. The third-order valence-corrected chi connectivity index (χ3v) is 1.94. The van der Waals surface area contributed by atoms with Gasteiger partial charge in [0.25, 0.3) is 0 Å². The highest BCUT2D eigenvalue weighted by molar-refractivity contribution is 7.80. The molecule has 0 radical (unpaired) electrons. The Hall–Kier alpha value is -1.50. The monoisotopic (exact) mass is 264 g/mol. The maximum absolute atomic E-state index is 12.1. The Kier molecular flexibility index (Phi) is 4.56. The van der Waals surface area contributed by atoms with Crippen molar-refractivity contribution in [2.75, 3.05) is 11.9 Å². The lowest BCUT2D eigenvalue weighted by Gasteiger charge is -2.15. The van der Waals surface area contributed by atoms with Crippen LogP contribution in [0.25, 0.3) is 0 Å². The molecule has 1 aromatic rings. The summed E-state index contributed by atoms with van der Waals surface area (Å²) < 4.78 is 40.2. The van der Waals surface area contributed by atoms with Gasteiger partial charge in [-0.05, 0) is 31.3 Å². The fraction of sp³-hybridized carbons (Fsp3) is 0.300. The van der Waals surface area contributed by atoms with Gasteiger partial charge in [0.1, 0.15) is 0 Å². The molecule has 0 aliphatic carbocycles. The lowest BCUT2D eigenvalue weighted by atomic mass is 10.3. The third kappa shape index (κ3) is 4.90. The standard InChI is InChI=1S/C10H11F3N2OS/c1-2-14-9(17)15-7-5-3-4-6-8(7)16-10(11,12)13/h3-6H,2H2,1H3,(H2,14,15,17). The van der Waals surface area contributed by atoms with Gasteiger partial charge in [-0.1, -0.05) is 12.1 Å². The molecule has 0 aliphatic heterocycles. The predicted octanol–water partition coefficient (Wildman–Crippen LogP) is 2.89. The zero-order valence-electron chi connectivity index (χ0n) is 8.97. The van der Waals surface area contributed by atoms with E-state index in [0.717, 1.165) is 0 Å². The summed E-state index contributed by atoms with van der Waals surface area (Å²) >= 11 is 4.88. The number of alkyl halides is 3. The maximum atomic E-state index is 12.1. The zero-order valence-corrected chi connectivity index (χ0v) is 9.78. The number of thiocarbonyl (C=S) groups is 1. The first-order valence-electron chi connectivity index (χ1n) is 4.82. The summed E-state index contributed by atoms with van der Waals surface area (Å²) in [6.07, 6.45) is -4.72. The fourth-order valence-corrected chi connectivity index (χ4v) is 1.36. The molecule has 94 valence electrons. The van der Waals surface area contributed by atoms with E-state index in [1.807, 2.05) is 6.92 Å². The molecule has 0 aliphatic rings. The number of hydrogen-bond donors (Lipinski definition) is 2. The quantitative estimate of drug-likeness (QED) is 0.822. The van der Waals surface area contributed by atoms with Crippen LogP contribution in [-0.2, 0) is 0 Å². The largest absolute Gasteiger partial charge is 0.573 e. The average molecular weight is 264 g/mol. The van der Waals surface area contributed by atoms with Crippen LogP contribution in [0.5, 0.6) is 5.75 Å². The number of ether oxygens (including phenoxy) is 1. The summed E-state index contributed by atoms with van der Waals surface area (Å²) in [5.41, 5.74) is 0.163. The second kappa shape index (κ2) is 5.72. The first-order chi connectivity index (χ1) is 7.92. The first kappa shape index (κ1) is 13.6. The van der Waals surface area contributed by atoms with E-state index in [1.165, 1.54) is 18.2 Å². The number of rotatable bonds is 3. The number of para-hydroxylation sites is 2. The SMILES string of the molecule is CCNC(=S)Nc1ccccc1OC(F)(F)F. The van der Waals surface area contributed by atoms with Crippen molar-refractivity contribution in [3.63, 3.8) is 0 Å². The van der Waals surface area contributed by atoms with Gasteiger partial charge in [-0.2, -0.15) is 0 Å². The molecule has 0 amide bonds. The van der Waals surface area contributed by atoms with E-state index in [0.29, 0.717) is 6.54 Å². The molecule has 3 nitrogen and oxygen atoms in total. The summed E-state index contributed by atoms with van der Waals surface area (Å²) in [7, 11) is 0. The first-order valence-corrected chi connectivity index (χ1v) is 5.23. The van der Waals surface area contributed by atoms with Crippen LogP contribution in [0.3, 0.4) is 0 Å². The van der Waals surface area contributed by atoms with Crippen molar-refractivity contribution in [3.8, 4) is 5.75 Å². The number of anilines is 1. The minimum Gasteiger partial charge on any atom is -0.404 e. The molecule has 7 heteroatoms. The molecule has 0 saturated carbocycles. The molecule has 1 aromatic carbocycles. The van der Waals surface area contributed by atoms with Crippen LogP contribution in [-0.4, -0.2) is 18.0 Å². The van der Waals surface area contributed by atoms with Gasteiger partial charge in [0.2, 0.25) is 0 Å². The van der Waals surface area contributed by atoms with Gasteiger partial charge in [0.15, 0.2) is 10.9 Å². The summed E-state index contributed by atoms with van der Waals surface area (Å²) in [5.74, 6) is -0.319. The number of benzene rings is 1. The highest BCUT2D eigenvalue weighted by Crippen LogP contribution is 2.29. The Labute approximate surface area is 102 Å². The average Bonchev–Trinajstić information content (AvgIpc) is 2.19. The Morgan fingerprint density at radius 3 is 2.59 bits per heavy atom. The van der Waals surface area contributed by atoms with Gasteiger partial charge in [-0.3, -0.25) is 0 Å². The predicted molar refractivity (Wildman–Crippen MR) is 63.0 cm³/mol. The molecule has 0 spiro atoms. The molecule has 0 fully saturated rings. The molecule has 17 heavy (non-hydrogen) atoms. The molecule has 0 heterocycles. The van der Waals surface area contributed by atoms with Gasteiger partial charge in [0, 0.05) is 6.54 Å². The van der Waals surface area contributed by atoms with Crippen LogP contribution in [0, 0.1) is 0 Å². The van der Waals surface area contributed by atoms with Crippen molar-refractivity contribution in [1.82, 2.24) is 5.32 Å². The van der Waals surface area contributed by atoms with Crippen LogP contribution in [0.15, 0.2) is 24.3 Å². The van der Waals surface area contributed by atoms with Crippen LogP contribution in [0.2, 0.25) is 0 Å². The van der Waals surface area contributed by atoms with Gasteiger partial charge >= 0.3 is 6.36 Å². The second-order valence-electron chi connectivity index (χ2n) is 3.03. The van der Waals surface area contributed by atoms with Crippen LogP contribution < -0.4 is 15.4 Å². The van der Waals surface area contributed by atoms with E-state index in [2.05, 4.69) is 15.4 Å². The summed E-state index contributed by atoms with van der Waals surface area (Å²) in [4.78, 5) is 0. The van der Waals surface area contributed by atoms with Crippen molar-refractivity contribution in [1.29, 1.82) is 0 Å². The minimum atomic E-state index is -4.72. The van der Waals surface area contributed by atoms with Crippen molar-refractivity contribution < 1.29 is 17.9 Å². The molecule has 0 unspecified atom stereocenters. The molecule has 0 saturated heterocycles. The van der Waals surface area contributed by atoms with Crippen LogP contribution >= 0.6 is 12.2 Å². The molecule has 0 bridgehead atoms. The van der Waals surface area contributed by atoms with E-state index in [9.17, 15) is 13.2 Å². The van der Waals surface area contributed by atoms with Gasteiger partial charge < -0.3 is 15.4 Å². The highest BCUT2D eigenvalue weighted by Gasteiger charge is 2.32. The van der Waals surface area contributed by atoms with Crippen LogP contribution in [0.1, 0.15) is 6.92 Å². The normalized spacial score (nSPS) is 10.8. The number of hydrogen-bond acceptors (Lipinski definition) is 2. The molecule has 1 rings (SSSR count). The van der Waals surface area contributed by atoms with E-state index in [-0.39, 0.29) is 16.5 Å². The Morgan fingerprint density at radius 1 is 1.35 bits per heavy atom. The third-order valence-electron chi connectivity index (χ3n) is 1.70. The summed E-state index contributed by atoms with van der Waals surface area (Å²) in [6.45, 7) is 2.40. The minimum absolute atomic E-state index is 0.163. The van der Waals surface area contributed by atoms with E-state index in [4.69, 9.17) is 12.2 Å². The van der Waals surface area contributed by atoms with Gasteiger partial charge in [-0.25, -0.2) is 0 Å². The van der Waals surface area contributed by atoms with Crippen molar-refractivity contribution in [3.05, 3.63) is 24.3 Å². The lowest BCUT2D eigenvalue weighted by Crippen LogP contribution is -2.28. The van der Waals surface area contributed by atoms with Crippen molar-refractivity contribution in [2.45, 2.75) is 13.3 Å². The lowest BCUT2D eigenvalue weighted by molar-refractivity contribution is -0.274. The van der Waals surface area contributed by atoms with E-state index < -0.39 is 6.36 Å². The topological polar surface area (TPSA) is 33.3 Å². The highest BCUT2D eigenvalue weighted by atomic mass is 32.1. The van der Waals surface area contributed by atoms with Crippen molar-refractivity contribution >= 4 is 23.0 Å². The second-order valence-corrected chi connectivity index (χ2v) is 3.44. The summed E-state index contributed by atoms with van der Waals surface area (Å²) in [5, 5.41) is 5.64. The molecular formula is C10H11F3N2OS. The van der Waals surface area contributed by atoms with Gasteiger partial charge in [0.05, 0.1) is 5.69 Å². The number of nitrogens with one attached hydrogen (secondary N) is 2. The zero-order chi connectivity index (χ0) is 12.9. The fourth-order valence-electron chi connectivity index (χ4n) is 1.11. The Balaban J connectivity index is 2.81. The van der Waals surface area contributed by atoms with E-state index >= 15 is 0 Å².